The number of rotatable bonds is 8. The molecule has 14 heteroatoms. The van der Waals surface area contributed by atoms with Gasteiger partial charge in [-0.25, -0.2) is 4.79 Å². The van der Waals surface area contributed by atoms with Crippen LogP contribution in [-0.4, -0.2) is 86.4 Å². The molecule has 1 spiro atoms. The van der Waals surface area contributed by atoms with E-state index < -0.39 is 11.9 Å². The van der Waals surface area contributed by atoms with E-state index in [0.717, 1.165) is 91.6 Å². The number of likely N-dealkylation sites (tertiary alicyclic amines) is 1. The summed E-state index contributed by atoms with van der Waals surface area (Å²) in [6, 6.07) is 11.3. The van der Waals surface area contributed by atoms with Crippen molar-refractivity contribution in [3.63, 3.8) is 0 Å². The van der Waals surface area contributed by atoms with Gasteiger partial charge in [0.25, 0.3) is 5.91 Å². The lowest BCUT2D eigenvalue weighted by Crippen LogP contribution is -2.48. The fourth-order valence-electron chi connectivity index (χ4n) is 10.2. The monoisotopic (exact) mass is 787 g/mol. The number of aryl methyl sites for hydroxylation is 2. The van der Waals surface area contributed by atoms with E-state index in [0.29, 0.717) is 40.8 Å². The zero-order chi connectivity index (χ0) is 40.1. The molecule has 3 aliphatic heterocycles. The first kappa shape index (κ1) is 38.0. The molecule has 1 saturated carbocycles. The first-order valence-corrected chi connectivity index (χ1v) is 20.9. The fraction of sp³-hybridized carbons (Fsp3) is 0.500. The second-order valence-corrected chi connectivity index (χ2v) is 17.2. The van der Waals surface area contributed by atoms with Crippen LogP contribution < -0.4 is 26.0 Å². The minimum absolute atomic E-state index is 0.225. The second kappa shape index (κ2) is 15.3. The first-order valence-electron chi connectivity index (χ1n) is 20.9. The third kappa shape index (κ3) is 7.16. The summed E-state index contributed by atoms with van der Waals surface area (Å²) in [5.74, 6) is 0.350. The Bertz CT molecular complexity index is 2440. The highest BCUT2D eigenvalue weighted by atomic mass is 16.5. The van der Waals surface area contributed by atoms with Crippen LogP contribution >= 0.6 is 0 Å². The number of imidazole rings is 1. The number of imide groups is 1. The highest BCUT2D eigenvalue weighted by Gasteiger charge is 2.39. The smallest absolute Gasteiger partial charge is 0.329 e. The number of methoxy groups -OCH3 is 1. The average Bonchev–Trinajstić information content (AvgIpc) is 3.76. The number of hydrogen-bond acceptors (Lipinski definition) is 9. The highest BCUT2D eigenvalue weighted by Crippen LogP contribution is 2.44. The number of nitrogens with zero attached hydrogens (tertiary/aromatic N) is 7. The molecule has 4 aliphatic rings. The molecule has 304 valence electrons. The molecule has 2 aromatic carbocycles. The number of carbonyl (C=O) groups is 3. The minimum Gasteiger partial charge on any atom is -0.494 e. The number of hydrogen-bond donors (Lipinski definition) is 2. The maximum Gasteiger partial charge on any atom is 0.329 e. The molecule has 9 rings (SSSR count). The molecule has 1 aliphatic carbocycles. The van der Waals surface area contributed by atoms with E-state index in [9.17, 15) is 19.2 Å². The van der Waals surface area contributed by atoms with Crippen LogP contribution in [0.5, 0.6) is 5.75 Å². The number of aromatic nitrogens is 5. The molecule has 5 aromatic rings. The van der Waals surface area contributed by atoms with E-state index in [-0.39, 0.29) is 23.9 Å². The van der Waals surface area contributed by atoms with Gasteiger partial charge in [0, 0.05) is 63.1 Å². The Labute approximate surface area is 337 Å². The van der Waals surface area contributed by atoms with Gasteiger partial charge >= 0.3 is 5.69 Å². The summed E-state index contributed by atoms with van der Waals surface area (Å²) in [6.07, 6.45) is 15.2. The summed E-state index contributed by atoms with van der Waals surface area (Å²) < 4.78 is 11.0. The van der Waals surface area contributed by atoms with Gasteiger partial charge in [0.15, 0.2) is 0 Å². The van der Waals surface area contributed by atoms with E-state index >= 15 is 0 Å². The summed E-state index contributed by atoms with van der Waals surface area (Å²) >= 11 is 0. The Hall–Kier alpha value is -5.50. The highest BCUT2D eigenvalue weighted by molar-refractivity contribution is 6.06. The molecule has 1 unspecified atom stereocenters. The first-order chi connectivity index (χ1) is 28.1. The number of nitrogens with one attached hydrogen (secondary N) is 2. The van der Waals surface area contributed by atoms with Gasteiger partial charge in [-0.2, -0.15) is 5.10 Å². The number of carbonyl (C=O) groups excluding carboxylic acids is 3. The van der Waals surface area contributed by atoms with Gasteiger partial charge in [-0.3, -0.25) is 38.5 Å². The lowest BCUT2D eigenvalue weighted by atomic mass is 9.71. The molecule has 3 saturated heterocycles. The zero-order valence-electron chi connectivity index (χ0n) is 33.7. The third-order valence-corrected chi connectivity index (χ3v) is 13.6. The van der Waals surface area contributed by atoms with E-state index in [1.165, 1.54) is 25.7 Å². The number of para-hydroxylation sites is 1. The predicted molar refractivity (Wildman–Crippen MR) is 222 cm³/mol. The van der Waals surface area contributed by atoms with Crippen LogP contribution in [0.15, 0.2) is 59.8 Å². The van der Waals surface area contributed by atoms with Gasteiger partial charge in [0.2, 0.25) is 11.8 Å². The lowest BCUT2D eigenvalue weighted by Gasteiger charge is -2.48. The summed E-state index contributed by atoms with van der Waals surface area (Å²) in [6.45, 7) is 7.24. The van der Waals surface area contributed by atoms with Gasteiger partial charge in [-0.15, -0.1) is 0 Å². The summed E-state index contributed by atoms with van der Waals surface area (Å²) in [5.41, 5.74) is 5.67. The predicted octanol–water partition coefficient (Wildman–Crippen LogP) is 5.75. The Morgan fingerprint density at radius 2 is 1.72 bits per heavy atom. The van der Waals surface area contributed by atoms with Crippen LogP contribution in [0.25, 0.3) is 21.9 Å². The molecule has 6 heterocycles. The number of anilines is 2. The SMILES string of the molecule is COc1cc2nn(C3CCC(CN4CCC5(CC4)CCN(c4cccc6c4n(C)c(=O)n6C4CCC(=O)NC4=O)CC5)CC3)cc2cc1NC(=O)c1cncc(C)c1. The summed E-state index contributed by atoms with van der Waals surface area (Å²) in [4.78, 5) is 60.3. The van der Waals surface area contributed by atoms with Crippen LogP contribution in [0.2, 0.25) is 0 Å². The second-order valence-electron chi connectivity index (χ2n) is 17.2. The van der Waals surface area contributed by atoms with Crippen molar-refractivity contribution in [2.75, 3.05) is 50.1 Å². The van der Waals surface area contributed by atoms with Crippen molar-refractivity contribution in [3.8, 4) is 5.75 Å². The molecule has 58 heavy (non-hydrogen) atoms. The Morgan fingerprint density at radius 3 is 2.45 bits per heavy atom. The van der Waals surface area contributed by atoms with E-state index in [1.807, 2.05) is 37.3 Å². The normalized spacial score (nSPS) is 22.7. The van der Waals surface area contributed by atoms with Crippen molar-refractivity contribution in [1.82, 2.24) is 34.1 Å². The summed E-state index contributed by atoms with van der Waals surface area (Å²) in [7, 11) is 3.39. The molecule has 14 nitrogen and oxygen atoms in total. The van der Waals surface area contributed by atoms with Crippen LogP contribution in [0.4, 0.5) is 11.4 Å². The number of amides is 3. The number of fused-ring (bicyclic) bond motifs is 2. The molecular formula is C44H53N9O5. The van der Waals surface area contributed by atoms with Gasteiger partial charge in [-0.1, -0.05) is 6.07 Å². The Kier molecular flexibility index (Phi) is 10.1. The average molecular weight is 788 g/mol. The number of ether oxygens (including phenoxy) is 1. The van der Waals surface area contributed by atoms with Crippen molar-refractivity contribution in [1.29, 1.82) is 0 Å². The fourth-order valence-corrected chi connectivity index (χ4v) is 10.2. The van der Waals surface area contributed by atoms with Crippen LogP contribution in [0.1, 0.15) is 92.2 Å². The van der Waals surface area contributed by atoms with Crippen LogP contribution in [-0.2, 0) is 16.6 Å². The Balaban J connectivity index is 0.777. The quantitative estimate of drug-likeness (QED) is 0.188. The van der Waals surface area contributed by atoms with Gasteiger partial charge in [0.05, 0.1) is 46.6 Å². The van der Waals surface area contributed by atoms with Gasteiger partial charge < -0.3 is 19.9 Å². The molecule has 0 bridgehead atoms. The molecule has 3 aromatic heterocycles. The standard InChI is InChI=1S/C44H53N9O5/c1-28-21-30(25-45-24-28)41(55)46-34-22-31-27-52(48-33(31)23-38(34)58-3)32-9-7-29(8-10-32)26-50-17-13-44(14-18-50)15-19-51(20-16-44)35-5-4-6-36-40(35)49(2)43(57)53(36)37-11-12-39(54)47-42(37)56/h4-6,21-25,27,29,32,37H,7-20,26H2,1-3H3,(H,46,55)(H,47,54,56). The maximum atomic E-state index is 13.5. The third-order valence-electron chi connectivity index (χ3n) is 13.6. The zero-order valence-corrected chi connectivity index (χ0v) is 33.7. The summed E-state index contributed by atoms with van der Waals surface area (Å²) in [5, 5.41) is 11.3. The minimum atomic E-state index is -0.684. The van der Waals surface area contributed by atoms with Crippen molar-refractivity contribution in [2.24, 2.45) is 18.4 Å². The van der Waals surface area contributed by atoms with E-state index in [1.54, 1.807) is 35.7 Å². The van der Waals surface area contributed by atoms with Gasteiger partial charge in [-0.05, 0) is 119 Å². The number of benzene rings is 2. The molecule has 1 atom stereocenters. The molecule has 2 N–H and O–H groups in total. The van der Waals surface area contributed by atoms with Crippen molar-refractivity contribution < 1.29 is 19.1 Å². The molecule has 3 amide bonds. The largest absolute Gasteiger partial charge is 0.494 e. The topological polar surface area (TPSA) is 149 Å². The number of piperidine rings is 3. The van der Waals surface area contributed by atoms with Gasteiger partial charge in [0.1, 0.15) is 11.8 Å². The molecule has 4 fully saturated rings. The van der Waals surface area contributed by atoms with Crippen molar-refractivity contribution >= 4 is 51.0 Å². The maximum absolute atomic E-state index is 13.5. The van der Waals surface area contributed by atoms with E-state index in [4.69, 9.17) is 9.84 Å². The van der Waals surface area contributed by atoms with Crippen molar-refractivity contribution in [3.05, 3.63) is 76.6 Å². The number of pyridine rings is 1. The van der Waals surface area contributed by atoms with Crippen molar-refractivity contribution in [2.45, 2.75) is 83.2 Å². The Morgan fingerprint density at radius 1 is 0.966 bits per heavy atom. The molecule has 0 radical (unpaired) electrons. The van der Waals surface area contributed by atoms with Crippen LogP contribution in [0, 0.1) is 18.3 Å². The lowest BCUT2D eigenvalue weighted by molar-refractivity contribution is -0.135. The molecular weight excluding hydrogens is 735 g/mol. The van der Waals surface area contributed by atoms with E-state index in [2.05, 4.69) is 42.4 Å². The van der Waals surface area contributed by atoms with Crippen LogP contribution in [0.3, 0.4) is 0 Å².